The minimum Gasteiger partial charge on any atom is -0.393 e. The number of carbonyl (C=O) groups is 1. The van der Waals surface area contributed by atoms with E-state index >= 15 is 0 Å². The molecule has 2 aliphatic heterocycles. The van der Waals surface area contributed by atoms with Gasteiger partial charge in [-0.15, -0.1) is 0 Å². The summed E-state index contributed by atoms with van der Waals surface area (Å²) in [4.78, 5) is 13.6. The molecule has 2 amide bonds. The molecule has 0 aromatic heterocycles. The van der Waals surface area contributed by atoms with Crippen molar-refractivity contribution in [2.45, 2.75) is 42.7 Å². The van der Waals surface area contributed by atoms with Crippen LogP contribution in [-0.4, -0.2) is 67.1 Å². The molecule has 0 radical (unpaired) electrons. The van der Waals surface area contributed by atoms with Gasteiger partial charge >= 0.3 is 6.03 Å². The van der Waals surface area contributed by atoms with Gasteiger partial charge in [-0.2, -0.15) is 4.31 Å². The fourth-order valence-corrected chi connectivity index (χ4v) is 5.28. The third kappa shape index (κ3) is 4.53. The normalized spacial score (nSPS) is 22.6. The van der Waals surface area contributed by atoms with Crippen molar-refractivity contribution in [2.75, 3.05) is 26.2 Å². The van der Waals surface area contributed by atoms with Crippen LogP contribution in [0.5, 0.6) is 0 Å². The third-order valence-electron chi connectivity index (χ3n) is 5.00. The van der Waals surface area contributed by atoms with Crippen molar-refractivity contribution >= 4 is 27.7 Å². The average molecular weight is 420 g/mol. The van der Waals surface area contributed by atoms with Crippen molar-refractivity contribution in [3.63, 3.8) is 0 Å². The molecule has 150 valence electrons. The van der Waals surface area contributed by atoms with E-state index in [1.807, 2.05) is 0 Å². The zero-order valence-corrected chi connectivity index (χ0v) is 16.3. The van der Waals surface area contributed by atoms with Crippen molar-refractivity contribution in [1.82, 2.24) is 14.5 Å². The zero-order valence-electron chi connectivity index (χ0n) is 14.8. The molecule has 1 atom stereocenters. The van der Waals surface area contributed by atoms with Gasteiger partial charge in [0.05, 0.1) is 11.1 Å². The predicted molar refractivity (Wildman–Crippen MR) is 98.5 cm³/mol. The molecule has 0 aliphatic carbocycles. The molecule has 0 spiro atoms. The lowest BCUT2D eigenvalue weighted by Crippen LogP contribution is -2.54. The summed E-state index contributed by atoms with van der Waals surface area (Å²) in [5.74, 6) is -0.961. The number of benzene rings is 1. The van der Waals surface area contributed by atoms with E-state index in [1.54, 1.807) is 4.90 Å². The number of urea groups is 1. The summed E-state index contributed by atoms with van der Waals surface area (Å²) in [6.45, 7) is 1.28. The first kappa shape index (κ1) is 20.3. The number of hydrogen-bond acceptors (Lipinski definition) is 4. The molecule has 1 aromatic carbocycles. The summed E-state index contributed by atoms with van der Waals surface area (Å²) >= 11 is 5.71. The fourth-order valence-electron chi connectivity index (χ4n) is 3.44. The van der Waals surface area contributed by atoms with Crippen molar-refractivity contribution in [1.29, 1.82) is 0 Å². The molecule has 27 heavy (non-hydrogen) atoms. The highest BCUT2D eigenvalue weighted by Gasteiger charge is 2.34. The standard InChI is InChI=1S/C17H23ClFN3O4S/c18-14-4-1-5-15(16(14)19)27(25,26)22-8-2-3-12(11-22)20-17(24)21-9-6-13(23)7-10-21/h1,4-5,12-13,23H,2-3,6-11H2,(H,20,24)/t12-/m0/s1. The Morgan fingerprint density at radius 1 is 1.22 bits per heavy atom. The number of piperidine rings is 2. The third-order valence-corrected chi connectivity index (χ3v) is 7.17. The van der Waals surface area contributed by atoms with E-state index in [2.05, 4.69) is 5.32 Å². The van der Waals surface area contributed by atoms with Crippen LogP contribution in [0.2, 0.25) is 5.02 Å². The van der Waals surface area contributed by atoms with E-state index in [9.17, 15) is 22.7 Å². The van der Waals surface area contributed by atoms with Gasteiger partial charge in [0.2, 0.25) is 10.0 Å². The van der Waals surface area contributed by atoms with Gasteiger partial charge in [-0.3, -0.25) is 0 Å². The Kier molecular flexibility index (Phi) is 6.25. The molecule has 2 aliphatic rings. The minimum absolute atomic E-state index is 0.0799. The number of nitrogens with one attached hydrogen (secondary N) is 1. The van der Waals surface area contributed by atoms with E-state index in [-0.39, 0.29) is 36.3 Å². The topological polar surface area (TPSA) is 90.0 Å². The summed E-state index contributed by atoms with van der Waals surface area (Å²) in [6.07, 6.45) is 1.90. The van der Waals surface area contributed by atoms with E-state index in [4.69, 9.17) is 11.6 Å². The number of likely N-dealkylation sites (tertiary alicyclic amines) is 1. The lowest BCUT2D eigenvalue weighted by atomic mass is 10.1. The first-order valence-electron chi connectivity index (χ1n) is 8.96. The maximum Gasteiger partial charge on any atom is 0.317 e. The SMILES string of the molecule is O=C(N[C@H]1CCCN(S(=O)(=O)c2cccc(Cl)c2F)C1)N1CCC(O)CC1. The minimum atomic E-state index is -4.04. The molecule has 2 heterocycles. The van der Waals surface area contributed by atoms with Gasteiger partial charge in [-0.1, -0.05) is 17.7 Å². The maximum atomic E-state index is 14.2. The second kappa shape index (κ2) is 8.30. The second-order valence-electron chi connectivity index (χ2n) is 6.92. The molecule has 0 unspecified atom stereocenters. The van der Waals surface area contributed by atoms with E-state index in [0.29, 0.717) is 38.8 Å². The largest absolute Gasteiger partial charge is 0.393 e. The Morgan fingerprint density at radius 2 is 1.93 bits per heavy atom. The van der Waals surface area contributed by atoms with Crippen LogP contribution in [0.1, 0.15) is 25.7 Å². The van der Waals surface area contributed by atoms with Gasteiger partial charge in [0.1, 0.15) is 4.90 Å². The van der Waals surface area contributed by atoms with Crippen LogP contribution in [0.3, 0.4) is 0 Å². The Labute approximate surface area is 163 Å². The molecule has 0 saturated carbocycles. The highest BCUT2D eigenvalue weighted by molar-refractivity contribution is 7.89. The number of aliphatic hydroxyl groups is 1. The summed E-state index contributed by atoms with van der Waals surface area (Å²) in [6, 6.07) is 3.27. The molecule has 7 nitrogen and oxygen atoms in total. The van der Waals surface area contributed by atoms with Crippen LogP contribution in [0.25, 0.3) is 0 Å². The molecule has 1 aromatic rings. The molecule has 2 N–H and O–H groups in total. The molecule has 2 saturated heterocycles. The van der Waals surface area contributed by atoms with Gasteiger partial charge in [-0.05, 0) is 37.8 Å². The summed E-state index contributed by atoms with van der Waals surface area (Å²) < 4.78 is 41.0. The van der Waals surface area contributed by atoms with Crippen molar-refractivity contribution in [3.8, 4) is 0 Å². The van der Waals surface area contributed by atoms with Crippen molar-refractivity contribution in [2.24, 2.45) is 0 Å². The average Bonchev–Trinajstić information content (AvgIpc) is 2.64. The Hall–Kier alpha value is -1.42. The number of hydrogen-bond donors (Lipinski definition) is 2. The number of carbonyl (C=O) groups excluding carboxylic acids is 1. The van der Waals surface area contributed by atoms with Crippen LogP contribution in [0, 0.1) is 5.82 Å². The molecule has 10 heteroatoms. The lowest BCUT2D eigenvalue weighted by Gasteiger charge is -2.35. The molecule has 0 bridgehead atoms. The Bertz CT molecular complexity index is 799. The second-order valence-corrected chi connectivity index (χ2v) is 9.24. The highest BCUT2D eigenvalue weighted by atomic mass is 35.5. The van der Waals surface area contributed by atoms with Crippen LogP contribution < -0.4 is 5.32 Å². The predicted octanol–water partition coefficient (Wildman–Crippen LogP) is 1.80. The Morgan fingerprint density at radius 3 is 2.63 bits per heavy atom. The molecular weight excluding hydrogens is 397 g/mol. The fraction of sp³-hybridized carbons (Fsp3) is 0.588. The smallest absolute Gasteiger partial charge is 0.317 e. The highest BCUT2D eigenvalue weighted by Crippen LogP contribution is 2.27. The van der Waals surface area contributed by atoms with Crippen LogP contribution in [0.4, 0.5) is 9.18 Å². The van der Waals surface area contributed by atoms with Crippen molar-refractivity contribution in [3.05, 3.63) is 29.0 Å². The quantitative estimate of drug-likeness (QED) is 0.781. The van der Waals surface area contributed by atoms with Gasteiger partial charge in [0, 0.05) is 32.2 Å². The number of sulfonamides is 1. The van der Waals surface area contributed by atoms with E-state index in [0.717, 1.165) is 0 Å². The number of rotatable bonds is 3. The summed E-state index contributed by atoms with van der Waals surface area (Å²) in [5, 5.41) is 12.1. The molecule has 2 fully saturated rings. The van der Waals surface area contributed by atoms with Crippen LogP contribution in [-0.2, 0) is 10.0 Å². The van der Waals surface area contributed by atoms with Gasteiger partial charge in [0.25, 0.3) is 0 Å². The van der Waals surface area contributed by atoms with E-state index < -0.39 is 20.7 Å². The van der Waals surface area contributed by atoms with Gasteiger partial charge < -0.3 is 15.3 Å². The first-order chi connectivity index (χ1) is 12.8. The van der Waals surface area contributed by atoms with Gasteiger partial charge in [-0.25, -0.2) is 17.6 Å². The first-order valence-corrected chi connectivity index (χ1v) is 10.8. The number of amides is 2. The molecular formula is C17H23ClFN3O4S. The summed E-state index contributed by atoms with van der Waals surface area (Å²) in [7, 11) is -4.04. The molecule has 3 rings (SSSR count). The monoisotopic (exact) mass is 419 g/mol. The lowest BCUT2D eigenvalue weighted by molar-refractivity contribution is 0.0920. The number of nitrogens with zero attached hydrogens (tertiary/aromatic N) is 2. The van der Waals surface area contributed by atoms with Crippen LogP contribution >= 0.6 is 11.6 Å². The Balaban J connectivity index is 1.67. The van der Waals surface area contributed by atoms with Crippen molar-refractivity contribution < 1.29 is 22.7 Å². The number of halogens is 2. The van der Waals surface area contributed by atoms with Crippen LogP contribution in [0.15, 0.2) is 23.1 Å². The number of aliphatic hydroxyl groups excluding tert-OH is 1. The maximum absolute atomic E-state index is 14.2. The summed E-state index contributed by atoms with van der Waals surface area (Å²) in [5.41, 5.74) is 0. The zero-order chi connectivity index (χ0) is 19.6. The van der Waals surface area contributed by atoms with E-state index in [1.165, 1.54) is 22.5 Å². The van der Waals surface area contributed by atoms with Gasteiger partial charge in [0.15, 0.2) is 5.82 Å².